The average molecular weight is 390 g/mol. The molecule has 3 rings (SSSR count). The van der Waals surface area contributed by atoms with Gasteiger partial charge in [-0.2, -0.15) is 4.31 Å². The molecule has 7 heteroatoms. The first-order valence-corrected chi connectivity index (χ1v) is 10.8. The van der Waals surface area contributed by atoms with Crippen LogP contribution in [0.15, 0.2) is 41.4 Å². The van der Waals surface area contributed by atoms with Gasteiger partial charge < -0.3 is 9.88 Å². The molecule has 0 radical (unpaired) electrons. The summed E-state index contributed by atoms with van der Waals surface area (Å²) in [5.74, 6) is 0.299. The minimum atomic E-state index is -3.67. The molecule has 0 aliphatic carbocycles. The van der Waals surface area contributed by atoms with Gasteiger partial charge in [-0.15, -0.1) is 0 Å². The van der Waals surface area contributed by atoms with Gasteiger partial charge in [0.05, 0.1) is 0 Å². The average Bonchev–Trinajstić information content (AvgIpc) is 3.33. The minimum absolute atomic E-state index is 0.117. The van der Waals surface area contributed by atoms with Crippen LogP contribution in [0, 0.1) is 0 Å². The zero-order valence-corrected chi connectivity index (χ0v) is 16.9. The lowest BCUT2D eigenvalue weighted by Gasteiger charge is -2.17. The summed E-state index contributed by atoms with van der Waals surface area (Å²) in [5.41, 5.74) is 2.47. The number of benzene rings is 1. The molecule has 1 aliphatic heterocycles. The molecule has 1 fully saturated rings. The quantitative estimate of drug-likeness (QED) is 0.824. The summed E-state index contributed by atoms with van der Waals surface area (Å²) in [6, 6.07) is 9.42. The summed E-state index contributed by atoms with van der Waals surface area (Å²) in [7, 11) is -2.11. The van der Waals surface area contributed by atoms with Crippen LogP contribution in [0.2, 0.25) is 0 Å². The highest BCUT2D eigenvalue weighted by Gasteiger charge is 2.26. The molecule has 1 N–H and O–H groups in total. The van der Waals surface area contributed by atoms with E-state index in [9.17, 15) is 13.2 Å². The number of likely N-dealkylation sites (tertiary alicyclic amines) is 1. The smallest absolute Gasteiger partial charge is 0.270 e. The molecule has 0 unspecified atom stereocenters. The third kappa shape index (κ3) is 4.25. The highest BCUT2D eigenvalue weighted by molar-refractivity contribution is 7.89. The van der Waals surface area contributed by atoms with Crippen LogP contribution in [0.4, 0.5) is 0 Å². The second kappa shape index (κ2) is 7.86. The molecule has 1 amide bonds. The van der Waals surface area contributed by atoms with E-state index in [0.29, 0.717) is 11.6 Å². The predicted octanol–water partition coefficient (Wildman–Crippen LogP) is 3.19. The Morgan fingerprint density at radius 2 is 1.81 bits per heavy atom. The fraction of sp³-hybridized carbons (Fsp3) is 0.450. The molecule has 2 aromatic rings. The van der Waals surface area contributed by atoms with Gasteiger partial charge in [0, 0.05) is 32.9 Å². The van der Waals surface area contributed by atoms with Crippen LogP contribution in [0.5, 0.6) is 0 Å². The zero-order chi connectivity index (χ0) is 19.6. The van der Waals surface area contributed by atoms with E-state index in [2.05, 4.69) is 18.8 Å². The first-order valence-electron chi connectivity index (χ1n) is 9.32. The van der Waals surface area contributed by atoms with Crippen molar-refractivity contribution >= 4 is 15.9 Å². The highest BCUT2D eigenvalue weighted by Crippen LogP contribution is 2.21. The molecule has 1 aliphatic rings. The SMILES string of the molecule is CC(C)c1ccc(CN(C)S(=O)(=O)c2c[nH]c(C(=O)N3CCCC3)c2)cc1. The van der Waals surface area contributed by atoms with E-state index in [1.807, 2.05) is 24.3 Å². The van der Waals surface area contributed by atoms with Crippen molar-refractivity contribution in [3.63, 3.8) is 0 Å². The van der Waals surface area contributed by atoms with E-state index in [-0.39, 0.29) is 17.3 Å². The molecular formula is C20H27N3O3S. The van der Waals surface area contributed by atoms with Crippen LogP contribution in [0.1, 0.15) is 54.2 Å². The molecule has 27 heavy (non-hydrogen) atoms. The second-order valence-corrected chi connectivity index (χ2v) is 9.45. The molecule has 6 nitrogen and oxygen atoms in total. The van der Waals surface area contributed by atoms with Gasteiger partial charge in [0.1, 0.15) is 10.6 Å². The van der Waals surface area contributed by atoms with Gasteiger partial charge in [0.2, 0.25) is 10.0 Å². The number of nitrogens with zero attached hydrogens (tertiary/aromatic N) is 2. The molecule has 1 aromatic carbocycles. The summed E-state index contributed by atoms with van der Waals surface area (Å²) in [6.07, 6.45) is 3.39. The summed E-state index contributed by atoms with van der Waals surface area (Å²) in [5, 5.41) is 0. The van der Waals surface area contributed by atoms with Gasteiger partial charge >= 0.3 is 0 Å². The van der Waals surface area contributed by atoms with Crippen LogP contribution in [-0.2, 0) is 16.6 Å². The number of aromatic nitrogens is 1. The van der Waals surface area contributed by atoms with Gasteiger partial charge in [0.25, 0.3) is 5.91 Å². The van der Waals surface area contributed by atoms with E-state index < -0.39 is 10.0 Å². The number of amides is 1. The molecule has 2 heterocycles. The Morgan fingerprint density at radius 1 is 1.19 bits per heavy atom. The fourth-order valence-electron chi connectivity index (χ4n) is 3.27. The normalized spacial score (nSPS) is 15.1. The standard InChI is InChI=1S/C20H27N3O3S/c1-15(2)17-8-6-16(7-9-17)14-22(3)27(25,26)18-12-19(21-13-18)20(24)23-10-4-5-11-23/h6-9,12-13,15,21H,4-5,10-11,14H2,1-3H3. The van der Waals surface area contributed by atoms with Crippen molar-refractivity contribution in [1.29, 1.82) is 0 Å². The highest BCUT2D eigenvalue weighted by atomic mass is 32.2. The van der Waals surface area contributed by atoms with Crippen LogP contribution in [0.3, 0.4) is 0 Å². The number of aromatic amines is 1. The third-order valence-corrected chi connectivity index (χ3v) is 6.82. The zero-order valence-electron chi connectivity index (χ0n) is 16.1. The lowest BCUT2D eigenvalue weighted by molar-refractivity contribution is 0.0787. The summed E-state index contributed by atoms with van der Waals surface area (Å²) < 4.78 is 27.0. The van der Waals surface area contributed by atoms with Crippen LogP contribution in [-0.4, -0.2) is 48.7 Å². The maximum absolute atomic E-state index is 12.8. The van der Waals surface area contributed by atoms with Crippen LogP contribution < -0.4 is 0 Å². The van der Waals surface area contributed by atoms with Crippen molar-refractivity contribution in [3.05, 3.63) is 53.3 Å². The molecule has 0 atom stereocenters. The lowest BCUT2D eigenvalue weighted by Crippen LogP contribution is -2.28. The molecule has 1 saturated heterocycles. The monoisotopic (exact) mass is 389 g/mol. The summed E-state index contributed by atoms with van der Waals surface area (Å²) in [4.78, 5) is 17.1. The lowest BCUT2D eigenvalue weighted by atomic mass is 10.0. The van der Waals surface area contributed by atoms with Gasteiger partial charge in [0.15, 0.2) is 0 Å². The predicted molar refractivity (Wildman–Crippen MR) is 105 cm³/mol. The van der Waals surface area contributed by atoms with E-state index in [1.165, 1.54) is 22.1 Å². The topological polar surface area (TPSA) is 73.5 Å². The van der Waals surface area contributed by atoms with Crippen molar-refractivity contribution in [2.75, 3.05) is 20.1 Å². The number of nitrogens with one attached hydrogen (secondary N) is 1. The van der Waals surface area contributed by atoms with Crippen molar-refractivity contribution in [3.8, 4) is 0 Å². The van der Waals surface area contributed by atoms with Gasteiger partial charge in [-0.25, -0.2) is 8.42 Å². The van der Waals surface area contributed by atoms with Crippen LogP contribution in [0.25, 0.3) is 0 Å². The minimum Gasteiger partial charge on any atom is -0.356 e. The Balaban J connectivity index is 1.72. The second-order valence-electron chi connectivity index (χ2n) is 7.41. The fourth-order valence-corrected chi connectivity index (χ4v) is 4.42. The number of carbonyl (C=O) groups excluding carboxylic acids is 1. The van der Waals surface area contributed by atoms with E-state index >= 15 is 0 Å². The van der Waals surface area contributed by atoms with Crippen molar-refractivity contribution in [2.45, 2.75) is 44.0 Å². The van der Waals surface area contributed by atoms with Crippen molar-refractivity contribution < 1.29 is 13.2 Å². The van der Waals surface area contributed by atoms with Gasteiger partial charge in [-0.1, -0.05) is 38.1 Å². The number of sulfonamides is 1. The maximum atomic E-state index is 12.8. The van der Waals surface area contributed by atoms with Crippen molar-refractivity contribution in [2.24, 2.45) is 0 Å². The molecule has 0 spiro atoms. The molecule has 0 saturated carbocycles. The summed E-state index contributed by atoms with van der Waals surface area (Å²) in [6.45, 7) is 5.98. The van der Waals surface area contributed by atoms with Crippen LogP contribution >= 0.6 is 0 Å². The van der Waals surface area contributed by atoms with Crippen molar-refractivity contribution in [1.82, 2.24) is 14.2 Å². The Morgan fingerprint density at radius 3 is 2.41 bits per heavy atom. The molecule has 146 valence electrons. The van der Waals surface area contributed by atoms with Gasteiger partial charge in [-0.3, -0.25) is 4.79 Å². The number of hydrogen-bond acceptors (Lipinski definition) is 3. The largest absolute Gasteiger partial charge is 0.356 e. The Kier molecular flexibility index (Phi) is 5.72. The van der Waals surface area contributed by atoms with E-state index in [0.717, 1.165) is 31.5 Å². The Hall–Kier alpha value is -2.12. The molecular weight excluding hydrogens is 362 g/mol. The molecule has 0 bridgehead atoms. The van der Waals surface area contributed by atoms with E-state index in [1.54, 1.807) is 11.9 Å². The van der Waals surface area contributed by atoms with E-state index in [4.69, 9.17) is 0 Å². The first-order chi connectivity index (χ1) is 12.8. The Bertz CT molecular complexity index is 895. The first kappa shape index (κ1) is 19.6. The summed E-state index contributed by atoms with van der Waals surface area (Å²) >= 11 is 0. The van der Waals surface area contributed by atoms with Gasteiger partial charge in [-0.05, 0) is 36.0 Å². The number of rotatable bonds is 6. The maximum Gasteiger partial charge on any atom is 0.270 e. The number of H-pyrrole nitrogens is 1. The third-order valence-electron chi connectivity index (χ3n) is 5.04. The number of carbonyl (C=O) groups is 1. The Labute approximate surface area is 161 Å². The number of hydrogen-bond donors (Lipinski definition) is 1. The molecule has 1 aromatic heterocycles.